The molecule has 0 saturated heterocycles. The highest BCUT2D eigenvalue weighted by atomic mass is 16.5. The molecule has 0 spiro atoms. The standard InChI is InChI=1S/C13H18N2O4/c1-3-6-15-12(16)8(2)19-11-5-4-9(14)7-10(11)13(17)18/h4-5,7-8H,3,6,14H2,1-2H3,(H,15,16)(H,17,18). The first-order valence-electron chi connectivity index (χ1n) is 6.03. The van der Waals surface area contributed by atoms with Crippen molar-refractivity contribution in [3.63, 3.8) is 0 Å². The maximum Gasteiger partial charge on any atom is 0.339 e. The zero-order chi connectivity index (χ0) is 14.4. The van der Waals surface area contributed by atoms with E-state index in [1.54, 1.807) is 6.92 Å². The van der Waals surface area contributed by atoms with E-state index in [4.69, 9.17) is 15.6 Å². The Balaban J connectivity index is 2.81. The summed E-state index contributed by atoms with van der Waals surface area (Å²) >= 11 is 0. The van der Waals surface area contributed by atoms with Crippen LogP contribution < -0.4 is 15.8 Å². The van der Waals surface area contributed by atoms with Gasteiger partial charge in [-0.05, 0) is 31.5 Å². The molecule has 0 heterocycles. The normalized spacial score (nSPS) is 11.7. The van der Waals surface area contributed by atoms with Crippen molar-refractivity contribution in [2.45, 2.75) is 26.4 Å². The second-order valence-corrected chi connectivity index (χ2v) is 4.11. The van der Waals surface area contributed by atoms with Crippen molar-refractivity contribution < 1.29 is 19.4 Å². The van der Waals surface area contributed by atoms with Crippen molar-refractivity contribution in [3.05, 3.63) is 23.8 Å². The van der Waals surface area contributed by atoms with Crippen LogP contribution in [0.25, 0.3) is 0 Å². The van der Waals surface area contributed by atoms with Gasteiger partial charge in [-0.3, -0.25) is 4.79 Å². The third-order valence-electron chi connectivity index (χ3n) is 2.46. The quantitative estimate of drug-likeness (QED) is 0.673. The van der Waals surface area contributed by atoms with Crippen LogP contribution in [0.4, 0.5) is 5.69 Å². The van der Waals surface area contributed by atoms with Gasteiger partial charge in [-0.25, -0.2) is 4.79 Å². The zero-order valence-electron chi connectivity index (χ0n) is 11.0. The monoisotopic (exact) mass is 266 g/mol. The summed E-state index contributed by atoms with van der Waals surface area (Å²) in [6, 6.07) is 4.27. The first-order chi connectivity index (χ1) is 8.95. The fourth-order valence-electron chi connectivity index (χ4n) is 1.45. The number of nitrogens with two attached hydrogens (primary N) is 1. The number of carbonyl (C=O) groups excluding carboxylic acids is 1. The van der Waals surface area contributed by atoms with Crippen LogP contribution >= 0.6 is 0 Å². The van der Waals surface area contributed by atoms with E-state index in [9.17, 15) is 9.59 Å². The summed E-state index contributed by atoms with van der Waals surface area (Å²) in [5.41, 5.74) is 5.79. The van der Waals surface area contributed by atoms with Gasteiger partial charge in [0.25, 0.3) is 5.91 Å². The lowest BCUT2D eigenvalue weighted by atomic mass is 10.2. The second kappa shape index (κ2) is 6.63. The van der Waals surface area contributed by atoms with Gasteiger partial charge >= 0.3 is 5.97 Å². The number of carboxylic acid groups (broad SMARTS) is 1. The molecule has 1 aromatic rings. The zero-order valence-corrected chi connectivity index (χ0v) is 11.0. The molecule has 0 radical (unpaired) electrons. The number of benzene rings is 1. The third kappa shape index (κ3) is 4.17. The lowest BCUT2D eigenvalue weighted by Crippen LogP contribution is -2.36. The highest BCUT2D eigenvalue weighted by molar-refractivity contribution is 5.92. The Bertz CT molecular complexity index is 474. The van der Waals surface area contributed by atoms with Crippen LogP contribution in [-0.4, -0.2) is 29.6 Å². The molecule has 6 nitrogen and oxygen atoms in total. The minimum atomic E-state index is -1.15. The number of rotatable bonds is 6. The number of amides is 1. The van der Waals surface area contributed by atoms with Gasteiger partial charge in [-0.2, -0.15) is 0 Å². The molecule has 0 aliphatic carbocycles. The van der Waals surface area contributed by atoms with E-state index in [2.05, 4.69) is 5.32 Å². The Morgan fingerprint density at radius 3 is 2.74 bits per heavy atom. The number of hydrogen-bond acceptors (Lipinski definition) is 4. The molecule has 19 heavy (non-hydrogen) atoms. The van der Waals surface area contributed by atoms with E-state index in [0.717, 1.165) is 6.42 Å². The number of anilines is 1. The van der Waals surface area contributed by atoms with Crippen molar-refractivity contribution in [2.24, 2.45) is 0 Å². The largest absolute Gasteiger partial charge is 0.480 e. The van der Waals surface area contributed by atoms with Gasteiger partial charge in [0.2, 0.25) is 0 Å². The maximum atomic E-state index is 11.6. The number of nitrogen functional groups attached to an aromatic ring is 1. The summed E-state index contributed by atoms with van der Waals surface area (Å²) in [5.74, 6) is -1.31. The molecule has 4 N–H and O–H groups in total. The molecule has 1 unspecified atom stereocenters. The lowest BCUT2D eigenvalue weighted by Gasteiger charge is -2.16. The molecule has 0 aliphatic heterocycles. The number of nitrogens with one attached hydrogen (secondary N) is 1. The number of aromatic carboxylic acids is 1. The second-order valence-electron chi connectivity index (χ2n) is 4.11. The Kier molecular flexibility index (Phi) is 5.17. The molecular weight excluding hydrogens is 248 g/mol. The molecule has 0 saturated carbocycles. The maximum absolute atomic E-state index is 11.6. The molecule has 0 fully saturated rings. The molecule has 1 aromatic carbocycles. The van der Waals surface area contributed by atoms with Crippen LogP contribution in [0.2, 0.25) is 0 Å². The van der Waals surface area contributed by atoms with Gasteiger partial charge < -0.3 is 20.9 Å². The minimum Gasteiger partial charge on any atom is -0.480 e. The van der Waals surface area contributed by atoms with Crippen LogP contribution in [-0.2, 0) is 4.79 Å². The van der Waals surface area contributed by atoms with Gasteiger partial charge in [0.05, 0.1) is 0 Å². The third-order valence-corrected chi connectivity index (χ3v) is 2.46. The SMILES string of the molecule is CCCNC(=O)C(C)Oc1ccc(N)cc1C(=O)O. The lowest BCUT2D eigenvalue weighted by molar-refractivity contribution is -0.127. The van der Waals surface area contributed by atoms with E-state index < -0.39 is 12.1 Å². The highest BCUT2D eigenvalue weighted by Gasteiger charge is 2.18. The van der Waals surface area contributed by atoms with E-state index in [-0.39, 0.29) is 17.2 Å². The molecule has 0 aromatic heterocycles. The Morgan fingerprint density at radius 2 is 2.16 bits per heavy atom. The van der Waals surface area contributed by atoms with Crippen LogP contribution in [0, 0.1) is 0 Å². The van der Waals surface area contributed by atoms with Crippen LogP contribution in [0.1, 0.15) is 30.6 Å². The van der Waals surface area contributed by atoms with Crippen molar-refractivity contribution in [3.8, 4) is 5.75 Å². The molecule has 104 valence electrons. The topological polar surface area (TPSA) is 102 Å². The first-order valence-corrected chi connectivity index (χ1v) is 6.03. The van der Waals surface area contributed by atoms with E-state index >= 15 is 0 Å². The Labute approximate surface area is 111 Å². The van der Waals surface area contributed by atoms with Crippen molar-refractivity contribution in [1.29, 1.82) is 0 Å². The van der Waals surface area contributed by atoms with Crippen LogP contribution in [0.5, 0.6) is 5.75 Å². The smallest absolute Gasteiger partial charge is 0.339 e. The van der Waals surface area contributed by atoms with Gasteiger partial charge in [-0.1, -0.05) is 6.92 Å². The van der Waals surface area contributed by atoms with Crippen molar-refractivity contribution in [1.82, 2.24) is 5.32 Å². The highest BCUT2D eigenvalue weighted by Crippen LogP contribution is 2.22. The summed E-state index contributed by atoms with van der Waals surface area (Å²) in [7, 11) is 0. The van der Waals surface area contributed by atoms with Gasteiger partial charge in [-0.15, -0.1) is 0 Å². The van der Waals surface area contributed by atoms with Gasteiger partial charge in [0.1, 0.15) is 11.3 Å². The molecular formula is C13H18N2O4. The Hall–Kier alpha value is -2.24. The molecule has 6 heteroatoms. The number of ether oxygens (including phenoxy) is 1. The summed E-state index contributed by atoms with van der Waals surface area (Å²) in [5, 5.41) is 11.7. The van der Waals surface area contributed by atoms with Crippen LogP contribution in [0.15, 0.2) is 18.2 Å². The van der Waals surface area contributed by atoms with Crippen molar-refractivity contribution in [2.75, 3.05) is 12.3 Å². The van der Waals surface area contributed by atoms with E-state index in [1.807, 2.05) is 6.92 Å². The average Bonchev–Trinajstić information content (AvgIpc) is 2.37. The molecule has 0 aliphatic rings. The number of carbonyl (C=O) groups is 2. The molecule has 1 atom stereocenters. The van der Waals surface area contributed by atoms with Crippen LogP contribution in [0.3, 0.4) is 0 Å². The Morgan fingerprint density at radius 1 is 1.47 bits per heavy atom. The predicted molar refractivity (Wildman–Crippen MR) is 71.2 cm³/mol. The summed E-state index contributed by atoms with van der Waals surface area (Å²) in [4.78, 5) is 22.7. The number of hydrogen-bond donors (Lipinski definition) is 3. The summed E-state index contributed by atoms with van der Waals surface area (Å²) < 4.78 is 5.37. The molecule has 1 rings (SSSR count). The molecule has 1 amide bonds. The van der Waals surface area contributed by atoms with Gasteiger partial charge in [0.15, 0.2) is 6.10 Å². The molecule has 0 bridgehead atoms. The minimum absolute atomic E-state index is 0.0601. The van der Waals surface area contributed by atoms with Crippen molar-refractivity contribution >= 4 is 17.6 Å². The average molecular weight is 266 g/mol. The predicted octanol–water partition coefficient (Wildman–Crippen LogP) is 1.26. The number of carboxylic acids is 1. The van der Waals surface area contributed by atoms with Gasteiger partial charge in [0, 0.05) is 12.2 Å². The van der Waals surface area contributed by atoms with E-state index in [0.29, 0.717) is 12.2 Å². The summed E-state index contributed by atoms with van der Waals surface area (Å²) in [6.45, 7) is 4.06. The fraction of sp³-hybridized carbons (Fsp3) is 0.385. The first kappa shape index (κ1) is 14.8. The fourth-order valence-corrected chi connectivity index (χ4v) is 1.45. The van der Waals surface area contributed by atoms with E-state index in [1.165, 1.54) is 18.2 Å². The summed E-state index contributed by atoms with van der Waals surface area (Å²) in [6.07, 6.45) is 0.0500.